The maximum Gasteiger partial charge on any atom is 0.410 e. The summed E-state index contributed by atoms with van der Waals surface area (Å²) >= 11 is 6.84. The molecule has 0 radical (unpaired) electrons. The van der Waals surface area contributed by atoms with Crippen molar-refractivity contribution in [3.05, 3.63) is 82.6 Å². The van der Waals surface area contributed by atoms with Gasteiger partial charge in [-0.15, -0.1) is 0 Å². The molecule has 2 aromatic heterocycles. The Morgan fingerprint density at radius 2 is 1.57 bits per heavy atom. The highest BCUT2D eigenvalue weighted by atomic mass is 35.5. The van der Waals surface area contributed by atoms with Crippen LogP contribution in [-0.2, 0) is 41.4 Å². The fraction of sp³-hybridized carbons (Fsp3) is 0.582. The number of hydrogen-bond acceptors (Lipinski definition) is 20. The number of piperazine rings is 1. The Hall–Kier alpha value is -7.11. The molecule has 496 valence electrons. The number of halogens is 1. The minimum Gasteiger partial charge on any atom is -0.495 e. The monoisotopic (exact) mass is 1300 g/mol. The van der Waals surface area contributed by atoms with Gasteiger partial charge in [-0.25, -0.2) is 9.78 Å². The normalized spacial score (nSPS) is 18.7. The molecule has 10 rings (SSSR count). The highest BCUT2D eigenvalue weighted by Gasteiger charge is 2.42. The molecule has 3 aromatic carbocycles. The summed E-state index contributed by atoms with van der Waals surface area (Å²) in [5.74, 6) is 2.18. The largest absolute Gasteiger partial charge is 0.495 e. The van der Waals surface area contributed by atoms with Crippen molar-refractivity contribution in [2.45, 2.75) is 128 Å². The Morgan fingerprint density at radius 3 is 2.30 bits per heavy atom. The number of fused-ring (bicyclic) bond motifs is 3. The maximum atomic E-state index is 13.4. The first kappa shape index (κ1) is 67.8. The smallest absolute Gasteiger partial charge is 0.410 e. The molecule has 1 aliphatic carbocycles. The number of nitrogens with zero attached hydrogens (tertiary/aromatic N) is 11. The van der Waals surface area contributed by atoms with Crippen LogP contribution >= 0.6 is 11.6 Å². The average molecular weight is 1300 g/mol. The molecule has 2 saturated heterocycles. The summed E-state index contributed by atoms with van der Waals surface area (Å²) in [5.41, 5.74) is 4.74. The van der Waals surface area contributed by atoms with Gasteiger partial charge in [-0.3, -0.25) is 14.5 Å². The van der Waals surface area contributed by atoms with Gasteiger partial charge in [0.15, 0.2) is 5.82 Å². The van der Waals surface area contributed by atoms with Crippen molar-refractivity contribution in [2.75, 3.05) is 151 Å². The van der Waals surface area contributed by atoms with Crippen LogP contribution < -0.4 is 39.7 Å². The van der Waals surface area contributed by atoms with Gasteiger partial charge >= 0.3 is 12.1 Å². The summed E-state index contributed by atoms with van der Waals surface area (Å²) < 4.78 is 41.2. The van der Waals surface area contributed by atoms with Crippen molar-refractivity contribution in [1.82, 2.24) is 35.1 Å². The van der Waals surface area contributed by atoms with Crippen molar-refractivity contribution in [3.8, 4) is 17.8 Å². The van der Waals surface area contributed by atoms with E-state index in [1.165, 1.54) is 0 Å². The second-order valence-corrected chi connectivity index (χ2v) is 31.5. The third-order valence-electron chi connectivity index (χ3n) is 18.0. The standard InChI is InChI=1S/C67H92ClN13O10Si/c1-7-56-64(83)76(2)58-43-71-65(74-62(58)81(56)49-16-8-9-17-49)72-54-22-21-48(42-59(54)85-3)63(82)70-26-33-87-35-37-89-39-38-88-36-34-86-32-13-28-77-27-12-18-51(77)46-91-66-73-55-45-78(57-20-11-15-47-14-10-19-53(68)60(47)57)29-24-52(55)61(75-66)79-30-31-80(50(44-79)23-25-69)67(84)90-40-41-92(4,5)6/h10-11,14-15,19-22,42-43,49-51,56H,7-9,12-13,16-18,23-24,26-41,44-46H2,1-6H3,(H,70,82)(H,71,72,74)/t50-,51-,56+/m0/s1. The third-order valence-corrected chi connectivity index (χ3v) is 20.0. The van der Waals surface area contributed by atoms with Crippen molar-refractivity contribution in [2.24, 2.45) is 0 Å². The number of hydrogen-bond donors (Lipinski definition) is 2. The molecule has 3 fully saturated rings. The van der Waals surface area contributed by atoms with Crippen LogP contribution in [0.5, 0.6) is 11.8 Å². The van der Waals surface area contributed by atoms with Gasteiger partial charge in [-0.05, 0) is 93.3 Å². The van der Waals surface area contributed by atoms with E-state index in [1.807, 2.05) is 19.1 Å². The molecule has 5 aliphatic rings. The van der Waals surface area contributed by atoms with E-state index in [9.17, 15) is 19.6 Å². The lowest BCUT2D eigenvalue weighted by Crippen LogP contribution is -2.56. The first-order valence-electron chi connectivity index (χ1n) is 32.9. The Morgan fingerprint density at radius 1 is 0.815 bits per heavy atom. The fourth-order valence-electron chi connectivity index (χ4n) is 13.1. The minimum atomic E-state index is -1.40. The molecule has 92 heavy (non-hydrogen) atoms. The van der Waals surface area contributed by atoms with Crippen LogP contribution in [0.2, 0.25) is 30.7 Å². The number of ether oxygens (including phenoxy) is 7. The van der Waals surface area contributed by atoms with E-state index in [0.29, 0.717) is 151 Å². The summed E-state index contributed by atoms with van der Waals surface area (Å²) in [4.78, 5) is 72.2. The molecule has 3 amide bonds. The minimum absolute atomic E-state index is 0.0604. The van der Waals surface area contributed by atoms with Gasteiger partial charge in [-0.2, -0.15) is 20.2 Å². The van der Waals surface area contributed by atoms with Crippen molar-refractivity contribution in [3.63, 3.8) is 0 Å². The first-order chi connectivity index (χ1) is 44.7. The number of nitrogens with one attached hydrogen (secondary N) is 2. The predicted octanol–water partition coefficient (Wildman–Crippen LogP) is 9.50. The van der Waals surface area contributed by atoms with E-state index >= 15 is 0 Å². The molecular weight excluding hydrogens is 1210 g/mol. The number of aromatic nitrogens is 4. The number of methoxy groups -OCH3 is 1. The number of nitriles is 1. The summed E-state index contributed by atoms with van der Waals surface area (Å²) in [5, 5.41) is 18.9. The van der Waals surface area contributed by atoms with Gasteiger partial charge in [0, 0.05) is 95.3 Å². The first-order valence-corrected chi connectivity index (χ1v) is 37.0. The van der Waals surface area contributed by atoms with Crippen LogP contribution in [0.25, 0.3) is 10.8 Å². The van der Waals surface area contributed by atoms with Gasteiger partial charge in [0.1, 0.15) is 29.9 Å². The van der Waals surface area contributed by atoms with Crippen LogP contribution in [0.1, 0.15) is 86.3 Å². The van der Waals surface area contributed by atoms with E-state index in [4.69, 9.17) is 59.7 Å². The van der Waals surface area contributed by atoms with E-state index in [1.54, 1.807) is 48.4 Å². The summed E-state index contributed by atoms with van der Waals surface area (Å²) in [6.07, 6.45) is 10.2. The zero-order valence-electron chi connectivity index (χ0n) is 54.5. The van der Waals surface area contributed by atoms with Gasteiger partial charge in [0.25, 0.3) is 5.91 Å². The number of rotatable bonds is 31. The highest BCUT2D eigenvalue weighted by Crippen LogP contribution is 2.42. The molecule has 6 heterocycles. The molecule has 0 spiro atoms. The van der Waals surface area contributed by atoms with Crippen LogP contribution in [0.3, 0.4) is 0 Å². The van der Waals surface area contributed by atoms with E-state index in [2.05, 4.69) is 85.2 Å². The summed E-state index contributed by atoms with van der Waals surface area (Å²) in [6.45, 7) is 18.0. The van der Waals surface area contributed by atoms with Crippen molar-refractivity contribution < 1.29 is 47.5 Å². The number of carbonyl (C=O) groups is 3. The predicted molar refractivity (Wildman–Crippen MR) is 359 cm³/mol. The van der Waals surface area contributed by atoms with E-state index < -0.39 is 8.07 Å². The molecule has 5 aromatic rings. The highest BCUT2D eigenvalue weighted by molar-refractivity contribution is 6.76. The average Bonchev–Trinajstić information content (AvgIpc) is 1.02. The Bertz CT molecular complexity index is 3350. The molecule has 23 nitrogen and oxygen atoms in total. The molecule has 0 bridgehead atoms. The fourth-order valence-corrected chi connectivity index (χ4v) is 14.1. The second kappa shape index (κ2) is 32.6. The Kier molecular flexibility index (Phi) is 24.0. The zero-order valence-corrected chi connectivity index (χ0v) is 56.2. The Labute approximate surface area is 547 Å². The molecular formula is C67H92ClN13O10Si. The van der Waals surface area contributed by atoms with Crippen LogP contribution in [0, 0.1) is 11.3 Å². The quantitative estimate of drug-likeness (QED) is 0.0310. The Balaban J connectivity index is 0.613. The topological polar surface area (TPSA) is 235 Å². The number of anilines is 6. The number of carbonyl (C=O) groups excluding carboxylic acids is 3. The van der Waals surface area contributed by atoms with Gasteiger partial charge in [-0.1, -0.05) is 75.3 Å². The van der Waals surface area contributed by atoms with Crippen LogP contribution in [0.4, 0.5) is 39.4 Å². The molecule has 1 saturated carbocycles. The number of benzene rings is 3. The number of amides is 3. The lowest BCUT2D eigenvalue weighted by Gasteiger charge is -2.43. The molecule has 2 N–H and O–H groups in total. The lowest BCUT2D eigenvalue weighted by molar-refractivity contribution is -0.120. The van der Waals surface area contributed by atoms with Gasteiger partial charge < -0.3 is 68.3 Å². The summed E-state index contributed by atoms with van der Waals surface area (Å²) in [7, 11) is 1.93. The van der Waals surface area contributed by atoms with Gasteiger partial charge in [0.2, 0.25) is 11.9 Å². The lowest BCUT2D eigenvalue weighted by atomic mass is 10.0. The molecule has 0 unspecified atom stereocenters. The van der Waals surface area contributed by atoms with Gasteiger partial charge in [0.05, 0.1) is 108 Å². The molecule has 25 heteroatoms. The third kappa shape index (κ3) is 17.2. The maximum absolute atomic E-state index is 13.4. The summed E-state index contributed by atoms with van der Waals surface area (Å²) in [6, 6.07) is 20.8. The number of likely N-dealkylation sites (N-methyl/N-ethyl adjacent to an activating group) is 1. The molecule has 3 atom stereocenters. The van der Waals surface area contributed by atoms with Crippen LogP contribution in [0.15, 0.2) is 60.8 Å². The van der Waals surface area contributed by atoms with E-state index in [0.717, 1.165) is 110 Å². The second-order valence-electron chi connectivity index (χ2n) is 25.4. The van der Waals surface area contributed by atoms with Crippen LogP contribution in [-0.4, -0.2) is 206 Å². The van der Waals surface area contributed by atoms with Crippen molar-refractivity contribution in [1.29, 1.82) is 5.26 Å². The SMILES string of the molecule is CC[C@@H]1C(=O)N(C)c2cnc(Nc3ccc(C(=O)NCCOCCOCCOCCOCCCN4CCC[C@H]4COc4nc5c(c(N6CCN(C(=O)OCC[Si](C)(C)C)[C@@H](CC#N)C6)n4)CCN(c4cccc6cccc(Cl)c46)C5)cc3OC)nc2N1C1CCCC1. The van der Waals surface area contributed by atoms with E-state index in [-0.39, 0.29) is 48.5 Å². The number of likely N-dealkylation sites (tertiary alicyclic amines) is 1. The van der Waals surface area contributed by atoms with Crippen molar-refractivity contribution >= 4 is 83.0 Å². The zero-order chi connectivity index (χ0) is 64.6. The molecule has 4 aliphatic heterocycles.